The Balaban J connectivity index is 1.00. The first-order valence-corrected chi connectivity index (χ1v) is 23.4. The van der Waals surface area contributed by atoms with Crippen LogP contribution < -0.4 is 0 Å². The molecule has 0 aliphatic carbocycles. The van der Waals surface area contributed by atoms with Gasteiger partial charge in [0, 0.05) is 60.4 Å². The lowest BCUT2D eigenvalue weighted by atomic mass is 9.95. The first-order valence-electron chi connectivity index (χ1n) is 23.4. The Morgan fingerprint density at radius 1 is 0.290 bits per heavy atom. The fraction of sp³-hybridized carbons (Fsp3) is 0. The monoisotopic (exact) mass is 880 g/mol. The minimum absolute atomic E-state index is 0.632. The van der Waals surface area contributed by atoms with Crippen molar-refractivity contribution >= 4 is 65.6 Å². The summed E-state index contributed by atoms with van der Waals surface area (Å²) in [6.45, 7) is 0. The predicted molar refractivity (Wildman–Crippen MR) is 285 cm³/mol. The van der Waals surface area contributed by atoms with Gasteiger partial charge in [0.25, 0.3) is 0 Å². The van der Waals surface area contributed by atoms with Crippen LogP contribution in [0.15, 0.2) is 247 Å². The lowest BCUT2D eigenvalue weighted by Gasteiger charge is -2.12. The lowest BCUT2D eigenvalue weighted by molar-refractivity contribution is 0.669. The van der Waals surface area contributed by atoms with Crippen molar-refractivity contribution in [2.75, 3.05) is 0 Å². The zero-order valence-electron chi connectivity index (χ0n) is 37.3. The Morgan fingerprint density at radius 2 is 0.725 bits per heavy atom. The molecule has 0 radical (unpaired) electrons. The van der Waals surface area contributed by atoms with Crippen LogP contribution in [0, 0.1) is 0 Å². The van der Waals surface area contributed by atoms with Crippen LogP contribution in [-0.4, -0.2) is 19.1 Å². The number of fused-ring (bicyclic) bond motifs is 9. The van der Waals surface area contributed by atoms with Crippen molar-refractivity contribution in [3.8, 4) is 67.5 Å². The first kappa shape index (κ1) is 38.9. The summed E-state index contributed by atoms with van der Waals surface area (Å²) in [4.78, 5) is 10.8. The Hall–Kier alpha value is -9.32. The van der Waals surface area contributed by atoms with Gasteiger partial charge in [-0.2, -0.15) is 0 Å². The van der Waals surface area contributed by atoms with Gasteiger partial charge >= 0.3 is 0 Å². The quantitative estimate of drug-likeness (QED) is 0.160. The summed E-state index contributed by atoms with van der Waals surface area (Å²) in [6.07, 6.45) is 0. The van der Waals surface area contributed by atoms with Crippen molar-refractivity contribution in [3.63, 3.8) is 0 Å². The van der Waals surface area contributed by atoms with Crippen LogP contribution in [0.25, 0.3) is 133 Å². The van der Waals surface area contributed by atoms with Gasteiger partial charge in [0.15, 0.2) is 5.82 Å². The van der Waals surface area contributed by atoms with E-state index in [-0.39, 0.29) is 0 Å². The predicted octanol–water partition coefficient (Wildman–Crippen LogP) is 16.9. The van der Waals surface area contributed by atoms with E-state index in [1.54, 1.807) is 0 Å². The summed E-state index contributed by atoms with van der Waals surface area (Å²) >= 11 is 0. The maximum Gasteiger partial charge on any atom is 0.161 e. The third-order valence-corrected chi connectivity index (χ3v) is 13.7. The highest BCUT2D eigenvalue weighted by Crippen LogP contribution is 2.44. The van der Waals surface area contributed by atoms with Gasteiger partial charge in [-0.3, -0.25) is 0 Å². The third-order valence-electron chi connectivity index (χ3n) is 13.7. The van der Waals surface area contributed by atoms with Gasteiger partial charge in [0.05, 0.1) is 33.5 Å². The Kier molecular flexibility index (Phi) is 8.83. The van der Waals surface area contributed by atoms with Gasteiger partial charge in [0.2, 0.25) is 0 Å². The molecule has 0 N–H and O–H groups in total. The minimum atomic E-state index is 0.632. The highest BCUT2D eigenvalue weighted by Gasteiger charge is 2.22. The molecule has 322 valence electrons. The van der Waals surface area contributed by atoms with Crippen LogP contribution in [0.5, 0.6) is 0 Å². The van der Waals surface area contributed by atoms with Crippen LogP contribution in [0.4, 0.5) is 0 Å². The van der Waals surface area contributed by atoms with Crippen molar-refractivity contribution in [3.05, 3.63) is 243 Å². The van der Waals surface area contributed by atoms with Crippen LogP contribution in [0.3, 0.4) is 0 Å². The van der Waals surface area contributed by atoms with Crippen molar-refractivity contribution in [2.45, 2.75) is 0 Å². The van der Waals surface area contributed by atoms with E-state index >= 15 is 0 Å². The standard InChI is InChI=1S/C64H40N4O/c1-5-17-41(18-6-1)55-40-56(42-19-7-2-8-20-42)66-64(65-55)54-38-46(45-30-33-60-52(36-45)50-26-14-16-28-58(50)68(60)48-23-11-4-12-24-48)39-62-63(54)53-37-44(31-34-61(53)69-62)43-29-32-59-51(35-43)49-25-13-15-27-57(49)67(59)47-21-9-3-10-22-47/h1-40H. The highest BCUT2D eigenvalue weighted by molar-refractivity contribution is 6.16. The molecule has 0 saturated carbocycles. The Morgan fingerprint density at radius 3 is 1.26 bits per heavy atom. The molecule has 10 aromatic carbocycles. The van der Waals surface area contributed by atoms with Crippen LogP contribution in [0.2, 0.25) is 0 Å². The van der Waals surface area contributed by atoms with E-state index in [0.29, 0.717) is 5.82 Å². The van der Waals surface area contributed by atoms with Gasteiger partial charge in [-0.05, 0) is 113 Å². The largest absolute Gasteiger partial charge is 0.456 e. The summed E-state index contributed by atoms with van der Waals surface area (Å²) in [6, 6.07) is 86.1. The molecule has 4 heterocycles. The topological polar surface area (TPSA) is 48.8 Å². The molecule has 0 amide bonds. The number of hydrogen-bond acceptors (Lipinski definition) is 3. The van der Waals surface area contributed by atoms with Crippen molar-refractivity contribution in [1.82, 2.24) is 19.1 Å². The van der Waals surface area contributed by atoms with Gasteiger partial charge in [-0.25, -0.2) is 9.97 Å². The van der Waals surface area contributed by atoms with E-state index in [9.17, 15) is 0 Å². The van der Waals surface area contributed by atoms with Gasteiger partial charge in [-0.1, -0.05) is 152 Å². The zero-order valence-corrected chi connectivity index (χ0v) is 37.3. The maximum absolute atomic E-state index is 6.93. The second-order valence-corrected chi connectivity index (χ2v) is 17.7. The molecular weight excluding hydrogens is 841 g/mol. The second-order valence-electron chi connectivity index (χ2n) is 17.7. The van der Waals surface area contributed by atoms with Gasteiger partial charge in [-0.15, -0.1) is 0 Å². The molecule has 5 heteroatoms. The molecule has 14 rings (SSSR count). The number of aromatic nitrogens is 4. The molecule has 14 aromatic rings. The zero-order chi connectivity index (χ0) is 45.4. The van der Waals surface area contributed by atoms with E-state index in [1.807, 2.05) is 12.1 Å². The summed E-state index contributed by atoms with van der Waals surface area (Å²) in [5.41, 5.74) is 17.5. The molecule has 5 nitrogen and oxygen atoms in total. The molecule has 0 fully saturated rings. The summed E-state index contributed by atoms with van der Waals surface area (Å²) in [5.74, 6) is 0.632. The number of para-hydroxylation sites is 4. The molecule has 0 saturated heterocycles. The second kappa shape index (κ2) is 15.7. The first-order chi connectivity index (χ1) is 34.2. The fourth-order valence-corrected chi connectivity index (χ4v) is 10.5. The summed E-state index contributed by atoms with van der Waals surface area (Å²) in [5, 5.41) is 6.79. The van der Waals surface area contributed by atoms with E-state index in [0.717, 1.165) is 89.2 Å². The number of furan rings is 1. The fourth-order valence-electron chi connectivity index (χ4n) is 10.5. The smallest absolute Gasteiger partial charge is 0.161 e. The highest BCUT2D eigenvalue weighted by atomic mass is 16.3. The molecule has 0 aliphatic rings. The normalized spacial score (nSPS) is 11.8. The maximum atomic E-state index is 6.93. The third kappa shape index (κ3) is 6.40. The van der Waals surface area contributed by atoms with Crippen LogP contribution >= 0.6 is 0 Å². The van der Waals surface area contributed by atoms with Crippen molar-refractivity contribution < 1.29 is 4.42 Å². The van der Waals surface area contributed by atoms with Crippen molar-refractivity contribution in [2.24, 2.45) is 0 Å². The number of hydrogen-bond donors (Lipinski definition) is 0. The molecular formula is C64H40N4O. The average molecular weight is 881 g/mol. The van der Waals surface area contributed by atoms with E-state index < -0.39 is 0 Å². The molecule has 4 aromatic heterocycles. The van der Waals surface area contributed by atoms with Gasteiger partial charge < -0.3 is 13.6 Å². The van der Waals surface area contributed by atoms with Crippen LogP contribution in [0.1, 0.15) is 0 Å². The number of rotatable bonds is 7. The SMILES string of the molecule is c1ccc(-c2cc(-c3ccccc3)nc(-c3cc(-c4ccc5c(c4)c4ccccc4n5-c4ccccc4)cc4oc5ccc(-c6ccc7c(c6)c6ccccc6n7-c6ccccc6)cc5c34)n2)cc1. The summed E-state index contributed by atoms with van der Waals surface area (Å²) < 4.78 is 11.6. The molecule has 69 heavy (non-hydrogen) atoms. The van der Waals surface area contributed by atoms with E-state index in [4.69, 9.17) is 14.4 Å². The Labute approximate surface area is 397 Å². The molecule has 0 spiro atoms. The Bertz CT molecular complexity index is 4230. The van der Waals surface area contributed by atoms with Crippen molar-refractivity contribution in [1.29, 1.82) is 0 Å². The molecule has 0 atom stereocenters. The number of nitrogens with zero attached hydrogens (tertiary/aromatic N) is 4. The molecule has 0 unspecified atom stereocenters. The average Bonchev–Trinajstić information content (AvgIpc) is 4.08. The lowest BCUT2D eigenvalue weighted by Crippen LogP contribution is -1.97. The van der Waals surface area contributed by atoms with E-state index in [2.05, 4.69) is 240 Å². The van der Waals surface area contributed by atoms with Crippen LogP contribution in [-0.2, 0) is 0 Å². The minimum Gasteiger partial charge on any atom is -0.456 e. The summed E-state index contributed by atoms with van der Waals surface area (Å²) in [7, 11) is 0. The van der Waals surface area contributed by atoms with Gasteiger partial charge in [0.1, 0.15) is 11.2 Å². The molecule has 0 aliphatic heterocycles. The molecule has 0 bridgehead atoms. The number of benzene rings is 10. The van der Waals surface area contributed by atoms with E-state index in [1.165, 1.54) is 38.1 Å².